The average Bonchev–Trinajstić information content (AvgIpc) is 3.24. The van der Waals surface area contributed by atoms with Crippen molar-refractivity contribution in [3.8, 4) is 5.75 Å². The van der Waals surface area contributed by atoms with E-state index in [2.05, 4.69) is 0 Å². The molecule has 3 rings (SSSR count). The van der Waals surface area contributed by atoms with Crippen LogP contribution in [-0.2, 0) is 0 Å². The lowest BCUT2D eigenvalue weighted by molar-refractivity contribution is 0.127. The molecule has 1 aromatic carbocycles. The van der Waals surface area contributed by atoms with Gasteiger partial charge in [-0.2, -0.15) is 0 Å². The number of carbonyl (C=O) groups is 1. The molecule has 0 bridgehead atoms. The van der Waals surface area contributed by atoms with E-state index in [1.807, 2.05) is 35.2 Å². The number of hydrogen-bond donors (Lipinski definition) is 0. The van der Waals surface area contributed by atoms with Gasteiger partial charge in [0.25, 0.3) is 0 Å². The summed E-state index contributed by atoms with van der Waals surface area (Å²) in [4.78, 5) is 13.8. The van der Waals surface area contributed by atoms with Crippen LogP contribution in [0.5, 0.6) is 5.75 Å². The molecule has 0 aromatic heterocycles. The molecule has 2 fully saturated rings. The quantitative estimate of drug-likeness (QED) is 0.800. The molecule has 3 nitrogen and oxygen atoms in total. The fraction of sp³-hybridized carbons (Fsp3) is 0.533. The highest BCUT2D eigenvalue weighted by molar-refractivity contribution is 5.70. The van der Waals surface area contributed by atoms with Crippen LogP contribution in [0, 0.1) is 11.8 Å². The van der Waals surface area contributed by atoms with E-state index >= 15 is 0 Å². The lowest BCUT2D eigenvalue weighted by Gasteiger charge is -2.31. The molecule has 1 aliphatic heterocycles. The van der Waals surface area contributed by atoms with Gasteiger partial charge in [-0.1, -0.05) is 18.2 Å². The van der Waals surface area contributed by atoms with Gasteiger partial charge >= 0.3 is 6.09 Å². The van der Waals surface area contributed by atoms with Gasteiger partial charge in [0.2, 0.25) is 0 Å². The summed E-state index contributed by atoms with van der Waals surface area (Å²) in [5.41, 5.74) is 0. The Morgan fingerprint density at radius 2 is 1.61 bits per heavy atom. The molecule has 1 amide bonds. The van der Waals surface area contributed by atoms with Crippen LogP contribution >= 0.6 is 0 Å². The van der Waals surface area contributed by atoms with Crippen molar-refractivity contribution in [2.45, 2.75) is 25.7 Å². The van der Waals surface area contributed by atoms with Crippen molar-refractivity contribution in [3.05, 3.63) is 30.3 Å². The molecule has 18 heavy (non-hydrogen) atoms. The molecular formula is C15H19NO2. The summed E-state index contributed by atoms with van der Waals surface area (Å²) in [5.74, 6) is 2.44. The van der Waals surface area contributed by atoms with E-state index in [-0.39, 0.29) is 6.09 Å². The first-order valence-electron chi connectivity index (χ1n) is 6.85. The molecule has 0 unspecified atom stereocenters. The number of para-hydroxylation sites is 1. The van der Waals surface area contributed by atoms with Gasteiger partial charge in [-0.15, -0.1) is 0 Å². The summed E-state index contributed by atoms with van der Waals surface area (Å²) in [7, 11) is 0. The Hall–Kier alpha value is -1.51. The number of likely N-dealkylation sites (tertiary alicyclic amines) is 1. The second kappa shape index (κ2) is 5.01. The minimum absolute atomic E-state index is 0.199. The first-order valence-corrected chi connectivity index (χ1v) is 6.85. The third-order valence-corrected chi connectivity index (χ3v) is 4.03. The number of amides is 1. The van der Waals surface area contributed by atoms with Gasteiger partial charge in [-0.25, -0.2) is 4.79 Å². The number of ether oxygens (including phenoxy) is 1. The van der Waals surface area contributed by atoms with Gasteiger partial charge in [-0.05, 0) is 49.7 Å². The first-order chi connectivity index (χ1) is 8.83. The van der Waals surface area contributed by atoms with Gasteiger partial charge < -0.3 is 9.64 Å². The van der Waals surface area contributed by atoms with E-state index in [1.54, 1.807) is 0 Å². The number of carbonyl (C=O) groups excluding carboxylic acids is 1. The maximum absolute atomic E-state index is 12.0. The molecule has 96 valence electrons. The summed E-state index contributed by atoms with van der Waals surface area (Å²) in [6, 6.07) is 9.30. The van der Waals surface area contributed by atoms with E-state index in [0.29, 0.717) is 5.75 Å². The second-order valence-corrected chi connectivity index (χ2v) is 5.34. The molecule has 1 heterocycles. The molecule has 3 heteroatoms. The minimum atomic E-state index is -0.199. The normalized spacial score (nSPS) is 20.8. The van der Waals surface area contributed by atoms with Gasteiger partial charge in [0.1, 0.15) is 5.75 Å². The molecule has 1 aliphatic carbocycles. The van der Waals surface area contributed by atoms with Gasteiger partial charge in [0.05, 0.1) is 0 Å². The first kappa shape index (κ1) is 11.6. The SMILES string of the molecule is O=C(Oc1ccccc1)N1CCC(C2CC2)CC1. The van der Waals surface area contributed by atoms with Crippen LogP contribution in [0.2, 0.25) is 0 Å². The molecule has 1 saturated heterocycles. The number of hydrogen-bond acceptors (Lipinski definition) is 2. The van der Waals surface area contributed by atoms with Gasteiger partial charge in [0, 0.05) is 13.1 Å². The predicted octanol–water partition coefficient (Wildman–Crippen LogP) is 3.31. The van der Waals surface area contributed by atoms with Crippen LogP contribution in [0.4, 0.5) is 4.79 Å². The van der Waals surface area contributed by atoms with E-state index in [1.165, 1.54) is 12.8 Å². The molecule has 1 saturated carbocycles. The molecular weight excluding hydrogens is 226 g/mol. The Kier molecular flexibility index (Phi) is 3.22. The average molecular weight is 245 g/mol. The second-order valence-electron chi connectivity index (χ2n) is 5.34. The number of nitrogens with zero attached hydrogens (tertiary/aromatic N) is 1. The van der Waals surface area contributed by atoms with E-state index in [0.717, 1.165) is 37.8 Å². The van der Waals surface area contributed by atoms with Crippen molar-refractivity contribution in [2.75, 3.05) is 13.1 Å². The zero-order chi connectivity index (χ0) is 12.4. The highest BCUT2D eigenvalue weighted by Gasteiger charge is 2.34. The maximum atomic E-state index is 12.0. The Morgan fingerprint density at radius 3 is 2.22 bits per heavy atom. The lowest BCUT2D eigenvalue weighted by Crippen LogP contribution is -2.40. The van der Waals surface area contributed by atoms with Crippen molar-refractivity contribution < 1.29 is 9.53 Å². The van der Waals surface area contributed by atoms with Crippen LogP contribution in [0.3, 0.4) is 0 Å². The minimum Gasteiger partial charge on any atom is -0.410 e. The molecule has 2 aliphatic rings. The van der Waals surface area contributed by atoms with E-state index < -0.39 is 0 Å². The molecule has 0 atom stereocenters. The van der Waals surface area contributed by atoms with Crippen LogP contribution in [0.15, 0.2) is 30.3 Å². The Labute approximate surface area is 108 Å². The summed E-state index contributed by atoms with van der Waals surface area (Å²) in [5, 5.41) is 0. The van der Waals surface area contributed by atoms with Crippen LogP contribution in [-0.4, -0.2) is 24.1 Å². The summed E-state index contributed by atoms with van der Waals surface area (Å²) >= 11 is 0. The van der Waals surface area contributed by atoms with Crippen LogP contribution < -0.4 is 4.74 Å². The van der Waals surface area contributed by atoms with E-state index in [4.69, 9.17) is 4.74 Å². The lowest BCUT2D eigenvalue weighted by atomic mass is 9.92. The van der Waals surface area contributed by atoms with Crippen molar-refractivity contribution in [1.29, 1.82) is 0 Å². The summed E-state index contributed by atoms with van der Waals surface area (Å²) < 4.78 is 5.35. The maximum Gasteiger partial charge on any atom is 0.415 e. The van der Waals surface area contributed by atoms with E-state index in [9.17, 15) is 4.79 Å². The Balaban J connectivity index is 1.51. The monoisotopic (exact) mass is 245 g/mol. The third-order valence-electron chi connectivity index (χ3n) is 4.03. The number of rotatable bonds is 2. The highest BCUT2D eigenvalue weighted by atomic mass is 16.6. The van der Waals surface area contributed by atoms with Crippen LogP contribution in [0.1, 0.15) is 25.7 Å². The number of piperidine rings is 1. The molecule has 1 aromatic rings. The molecule has 0 N–H and O–H groups in total. The van der Waals surface area contributed by atoms with Crippen LogP contribution in [0.25, 0.3) is 0 Å². The van der Waals surface area contributed by atoms with Crippen molar-refractivity contribution in [3.63, 3.8) is 0 Å². The fourth-order valence-corrected chi connectivity index (χ4v) is 2.77. The third kappa shape index (κ3) is 2.66. The number of benzene rings is 1. The smallest absolute Gasteiger partial charge is 0.410 e. The molecule has 0 radical (unpaired) electrons. The largest absolute Gasteiger partial charge is 0.415 e. The van der Waals surface area contributed by atoms with Crippen molar-refractivity contribution >= 4 is 6.09 Å². The Bertz CT molecular complexity index is 406. The standard InChI is InChI=1S/C15H19NO2/c17-15(18-14-4-2-1-3-5-14)16-10-8-13(9-11-16)12-6-7-12/h1-5,12-13H,6-11H2. The zero-order valence-corrected chi connectivity index (χ0v) is 10.5. The molecule has 0 spiro atoms. The van der Waals surface area contributed by atoms with Crippen molar-refractivity contribution in [1.82, 2.24) is 4.90 Å². The summed E-state index contributed by atoms with van der Waals surface area (Å²) in [6.45, 7) is 1.71. The van der Waals surface area contributed by atoms with Crippen molar-refractivity contribution in [2.24, 2.45) is 11.8 Å². The van der Waals surface area contributed by atoms with Gasteiger partial charge in [-0.3, -0.25) is 0 Å². The fourth-order valence-electron chi connectivity index (χ4n) is 2.77. The van der Waals surface area contributed by atoms with Gasteiger partial charge in [0.15, 0.2) is 0 Å². The predicted molar refractivity (Wildman–Crippen MR) is 69.5 cm³/mol. The highest BCUT2D eigenvalue weighted by Crippen LogP contribution is 2.41. The topological polar surface area (TPSA) is 29.5 Å². The summed E-state index contributed by atoms with van der Waals surface area (Å²) in [6.07, 6.45) is 4.90. The Morgan fingerprint density at radius 1 is 1.00 bits per heavy atom. The zero-order valence-electron chi connectivity index (χ0n) is 10.5.